The van der Waals surface area contributed by atoms with E-state index in [4.69, 9.17) is 0 Å². The molecule has 0 saturated carbocycles. The van der Waals surface area contributed by atoms with Crippen LogP contribution in [0.25, 0.3) is 0 Å². The van der Waals surface area contributed by atoms with Gasteiger partial charge in [0, 0.05) is 0 Å². The molecule has 1 rings (SSSR count). The smallest absolute Gasteiger partial charge is 0.139 e. The lowest BCUT2D eigenvalue weighted by atomic mass is 10.3. The van der Waals surface area contributed by atoms with E-state index in [-0.39, 0.29) is 0 Å². The Hall–Kier alpha value is -0.440. The summed E-state index contributed by atoms with van der Waals surface area (Å²) in [6, 6.07) is 0. The number of rotatable bonds is 4. The minimum Gasteiger partial charge on any atom is -0.225 e. The highest BCUT2D eigenvalue weighted by Crippen LogP contribution is 1.98. The van der Waals surface area contributed by atoms with Gasteiger partial charge in [-0.15, -0.1) is 0 Å². The Morgan fingerprint density at radius 2 is 1.24 bits per heavy atom. The molecule has 0 aromatic carbocycles. The average Bonchev–Trinajstić information content (AvgIpc) is 2.66. The molecule has 0 amide bonds. The fraction of sp³-hybridized carbons (Fsp3) is 0.857. The van der Waals surface area contributed by atoms with E-state index >= 15 is 0 Å². The molecule has 0 unspecified atom stereocenters. The predicted molar refractivity (Wildman–Crippen MR) is 79.8 cm³/mol. The minimum atomic E-state index is 0.877. The Morgan fingerprint density at radius 1 is 0.824 bits per heavy atom. The zero-order valence-corrected chi connectivity index (χ0v) is 13.4. The maximum absolute atomic E-state index is 4.02. The molecule has 2 nitrogen and oxygen atoms in total. The monoisotopic (exact) mass is 258 g/mol. The van der Waals surface area contributed by atoms with E-state index in [0.29, 0.717) is 0 Å². The van der Waals surface area contributed by atoms with Crippen LogP contribution in [0.15, 0.2) is 0 Å². The van der Waals surface area contributed by atoms with Crippen molar-refractivity contribution in [3.63, 3.8) is 0 Å². The first-order chi connectivity index (χ1) is 8.12. The molecule has 3 heteroatoms. The van der Waals surface area contributed by atoms with Crippen LogP contribution in [0.3, 0.4) is 0 Å². The second-order valence-electron chi connectivity index (χ2n) is 4.07. The van der Waals surface area contributed by atoms with Crippen molar-refractivity contribution in [3.05, 3.63) is 10.8 Å². The number of aromatic nitrogens is 2. The first kappa shape index (κ1) is 18.9. The lowest BCUT2D eigenvalue weighted by molar-refractivity contribution is 0.772. The molecular weight excluding hydrogens is 228 g/mol. The van der Waals surface area contributed by atoms with Crippen LogP contribution in [-0.2, 0) is 0 Å². The number of unbranched alkanes of at least 4 members (excludes halogenated alkanes) is 4. The molecule has 102 valence electrons. The van der Waals surface area contributed by atoms with Crippen molar-refractivity contribution in [3.8, 4) is 0 Å². The molecule has 0 spiro atoms. The summed E-state index contributed by atoms with van der Waals surface area (Å²) in [5.41, 5.74) is 0. The quantitative estimate of drug-likeness (QED) is 0.707. The standard InChI is InChI=1S/2C5H12.C4H6N2S/c2*1-3-5-4-2;1-3-5-4(2)7-6-3/h2*3-5H2,1-2H3;1-2H3. The highest BCUT2D eigenvalue weighted by molar-refractivity contribution is 7.05. The van der Waals surface area contributed by atoms with Crippen LogP contribution in [0.2, 0.25) is 0 Å². The average molecular weight is 258 g/mol. The van der Waals surface area contributed by atoms with Crippen LogP contribution in [0.4, 0.5) is 0 Å². The van der Waals surface area contributed by atoms with Gasteiger partial charge in [0.1, 0.15) is 10.8 Å². The molecule has 1 aromatic heterocycles. The Bertz CT molecular complexity index is 207. The minimum absolute atomic E-state index is 0.877. The SMILES string of the molecule is CCCCC.CCCCC.Cc1nsc(C)n1. The van der Waals surface area contributed by atoms with Gasteiger partial charge in [-0.05, 0) is 25.4 Å². The summed E-state index contributed by atoms with van der Waals surface area (Å²) < 4.78 is 3.95. The van der Waals surface area contributed by atoms with Gasteiger partial charge in [0.2, 0.25) is 0 Å². The van der Waals surface area contributed by atoms with E-state index in [1.54, 1.807) is 0 Å². The van der Waals surface area contributed by atoms with E-state index in [1.807, 2.05) is 13.8 Å². The van der Waals surface area contributed by atoms with Crippen molar-refractivity contribution < 1.29 is 0 Å². The Morgan fingerprint density at radius 3 is 1.29 bits per heavy atom. The maximum Gasteiger partial charge on any atom is 0.139 e. The zero-order valence-electron chi connectivity index (χ0n) is 12.5. The van der Waals surface area contributed by atoms with E-state index in [2.05, 4.69) is 37.1 Å². The van der Waals surface area contributed by atoms with Crippen LogP contribution in [0, 0.1) is 13.8 Å². The lowest BCUT2D eigenvalue weighted by Gasteiger charge is -1.79. The second kappa shape index (κ2) is 15.6. The van der Waals surface area contributed by atoms with E-state index in [9.17, 15) is 0 Å². The summed E-state index contributed by atoms with van der Waals surface area (Å²) in [5.74, 6) is 0.877. The first-order valence-corrected chi connectivity index (χ1v) is 7.66. The molecule has 0 aliphatic carbocycles. The predicted octanol–water partition coefficient (Wildman–Crippen LogP) is 5.55. The fourth-order valence-corrected chi connectivity index (χ4v) is 1.59. The third-order valence-corrected chi connectivity index (χ3v) is 2.75. The zero-order chi connectivity index (χ0) is 13.5. The molecule has 0 radical (unpaired) electrons. The van der Waals surface area contributed by atoms with Crippen molar-refractivity contribution >= 4 is 11.5 Å². The van der Waals surface area contributed by atoms with E-state index < -0.39 is 0 Å². The second-order valence-corrected chi connectivity index (χ2v) is 5.02. The highest BCUT2D eigenvalue weighted by Gasteiger charge is 1.88. The highest BCUT2D eigenvalue weighted by atomic mass is 32.1. The van der Waals surface area contributed by atoms with Gasteiger partial charge in [0.25, 0.3) is 0 Å². The molecule has 0 atom stereocenters. The van der Waals surface area contributed by atoms with Crippen molar-refractivity contribution in [1.29, 1.82) is 0 Å². The van der Waals surface area contributed by atoms with Crippen LogP contribution in [0.5, 0.6) is 0 Å². The fourth-order valence-electron chi connectivity index (χ4n) is 1.11. The molecule has 0 saturated heterocycles. The van der Waals surface area contributed by atoms with Gasteiger partial charge < -0.3 is 0 Å². The van der Waals surface area contributed by atoms with Gasteiger partial charge in [0.15, 0.2) is 0 Å². The van der Waals surface area contributed by atoms with Gasteiger partial charge >= 0.3 is 0 Å². The topological polar surface area (TPSA) is 25.8 Å². The number of aryl methyl sites for hydroxylation is 2. The Labute approximate surface area is 112 Å². The lowest BCUT2D eigenvalue weighted by Crippen LogP contribution is -1.70. The van der Waals surface area contributed by atoms with Crippen molar-refractivity contribution in [2.24, 2.45) is 0 Å². The number of nitrogens with zero attached hydrogens (tertiary/aromatic N) is 2. The van der Waals surface area contributed by atoms with E-state index in [0.717, 1.165) is 10.8 Å². The van der Waals surface area contributed by atoms with Crippen molar-refractivity contribution in [1.82, 2.24) is 9.36 Å². The van der Waals surface area contributed by atoms with Crippen LogP contribution in [-0.4, -0.2) is 9.36 Å². The summed E-state index contributed by atoms with van der Waals surface area (Å²) in [5, 5.41) is 1.04. The molecule has 0 aliphatic heterocycles. The molecule has 1 aromatic rings. The molecule has 0 N–H and O–H groups in total. The number of hydrogen-bond acceptors (Lipinski definition) is 3. The van der Waals surface area contributed by atoms with Crippen molar-refractivity contribution in [2.45, 2.75) is 80.1 Å². The maximum atomic E-state index is 4.02. The van der Waals surface area contributed by atoms with Gasteiger partial charge in [-0.1, -0.05) is 66.2 Å². The molecule has 0 fully saturated rings. The number of hydrogen-bond donors (Lipinski definition) is 0. The normalized spacial score (nSPS) is 8.82. The summed E-state index contributed by atoms with van der Waals surface area (Å²) in [7, 11) is 0. The first-order valence-electron chi connectivity index (χ1n) is 6.89. The van der Waals surface area contributed by atoms with Crippen molar-refractivity contribution in [2.75, 3.05) is 0 Å². The summed E-state index contributed by atoms with van der Waals surface area (Å²) in [4.78, 5) is 4.02. The Kier molecular flexibility index (Phi) is 17.3. The molecule has 0 bridgehead atoms. The molecule has 17 heavy (non-hydrogen) atoms. The van der Waals surface area contributed by atoms with Gasteiger partial charge in [0.05, 0.1) is 0 Å². The summed E-state index contributed by atoms with van der Waals surface area (Å²) in [6.45, 7) is 12.7. The molecule has 1 heterocycles. The largest absolute Gasteiger partial charge is 0.225 e. The molecular formula is C14H30N2S. The van der Waals surface area contributed by atoms with Gasteiger partial charge in [-0.2, -0.15) is 4.37 Å². The third-order valence-electron chi connectivity index (χ3n) is 2.04. The Balaban J connectivity index is 0. The van der Waals surface area contributed by atoms with Crippen LogP contribution >= 0.6 is 11.5 Å². The van der Waals surface area contributed by atoms with Gasteiger partial charge in [-0.25, -0.2) is 4.98 Å². The van der Waals surface area contributed by atoms with Crippen LogP contribution in [0.1, 0.15) is 77.1 Å². The third kappa shape index (κ3) is 18.1. The van der Waals surface area contributed by atoms with Gasteiger partial charge in [-0.3, -0.25) is 0 Å². The summed E-state index contributed by atoms with van der Waals surface area (Å²) in [6.07, 6.45) is 8.15. The molecule has 0 aliphatic rings. The van der Waals surface area contributed by atoms with Crippen LogP contribution < -0.4 is 0 Å². The van der Waals surface area contributed by atoms with E-state index in [1.165, 1.54) is 50.1 Å². The summed E-state index contributed by atoms with van der Waals surface area (Å²) >= 11 is 1.44.